The zero-order valence-corrected chi connectivity index (χ0v) is 16.4. The third kappa shape index (κ3) is 4.13. The van der Waals surface area contributed by atoms with Gasteiger partial charge in [0.05, 0.1) is 28.8 Å². The minimum atomic E-state index is -3.87. The highest BCUT2D eigenvalue weighted by molar-refractivity contribution is 7.92. The van der Waals surface area contributed by atoms with E-state index >= 15 is 0 Å². The van der Waals surface area contributed by atoms with E-state index in [4.69, 9.17) is 11.2 Å². The number of thiazole rings is 1. The Morgan fingerprint density at radius 1 is 1.29 bits per heavy atom. The number of methoxy groups -OCH3 is 1. The zero-order valence-electron chi connectivity index (χ0n) is 14.8. The first-order chi connectivity index (χ1) is 13.3. The van der Waals surface area contributed by atoms with Gasteiger partial charge in [0.25, 0.3) is 5.91 Å². The first-order valence-corrected chi connectivity index (χ1v) is 10.5. The Bertz CT molecular complexity index is 1250. The van der Waals surface area contributed by atoms with Crippen molar-refractivity contribution in [2.75, 3.05) is 12.9 Å². The summed E-state index contributed by atoms with van der Waals surface area (Å²) in [5.41, 5.74) is 0.619. The van der Waals surface area contributed by atoms with Gasteiger partial charge in [-0.25, -0.2) is 12.8 Å². The molecule has 0 unspecified atom stereocenters. The second kappa shape index (κ2) is 7.96. The van der Waals surface area contributed by atoms with E-state index in [1.54, 1.807) is 4.57 Å². The number of ether oxygens (including phenoxy) is 1. The summed E-state index contributed by atoms with van der Waals surface area (Å²) < 4.78 is 45.5. The summed E-state index contributed by atoms with van der Waals surface area (Å²) in [4.78, 5) is 16.4. The fraction of sp³-hybridized carbons (Fsp3) is 0.158. The SMILES string of the molecule is C#CCn1c(=NC(=O)CS(=O)(=O)c2ccc(OC)cc2)sc2cc(F)ccc21. The molecule has 0 aliphatic rings. The van der Waals surface area contributed by atoms with E-state index in [1.807, 2.05) is 0 Å². The monoisotopic (exact) mass is 418 g/mol. The number of nitrogens with zero attached hydrogens (tertiary/aromatic N) is 2. The molecule has 0 bridgehead atoms. The van der Waals surface area contributed by atoms with Crippen LogP contribution in [0.1, 0.15) is 0 Å². The van der Waals surface area contributed by atoms with E-state index in [2.05, 4.69) is 10.9 Å². The number of terminal acetylenes is 1. The van der Waals surface area contributed by atoms with Crippen molar-refractivity contribution in [3.63, 3.8) is 0 Å². The fourth-order valence-electron chi connectivity index (χ4n) is 2.54. The van der Waals surface area contributed by atoms with Crippen molar-refractivity contribution < 1.29 is 22.3 Å². The maximum atomic E-state index is 13.5. The molecule has 9 heteroatoms. The van der Waals surface area contributed by atoms with Gasteiger partial charge in [0, 0.05) is 0 Å². The lowest BCUT2D eigenvalue weighted by atomic mass is 10.3. The molecule has 0 spiro atoms. The third-order valence-electron chi connectivity index (χ3n) is 3.85. The second-order valence-corrected chi connectivity index (χ2v) is 8.73. The van der Waals surface area contributed by atoms with Crippen molar-refractivity contribution in [2.24, 2.45) is 4.99 Å². The third-order valence-corrected chi connectivity index (χ3v) is 6.51. The van der Waals surface area contributed by atoms with Crippen molar-refractivity contribution in [1.29, 1.82) is 0 Å². The van der Waals surface area contributed by atoms with Crippen molar-refractivity contribution in [3.8, 4) is 18.1 Å². The van der Waals surface area contributed by atoms with Crippen molar-refractivity contribution in [3.05, 3.63) is 53.1 Å². The van der Waals surface area contributed by atoms with Gasteiger partial charge in [0.2, 0.25) is 0 Å². The Morgan fingerprint density at radius 2 is 2.00 bits per heavy atom. The molecule has 28 heavy (non-hydrogen) atoms. The summed E-state index contributed by atoms with van der Waals surface area (Å²) in [6, 6.07) is 9.85. The Labute approximate surface area is 164 Å². The molecule has 1 heterocycles. The summed E-state index contributed by atoms with van der Waals surface area (Å²) in [5.74, 6) is 0.890. The topological polar surface area (TPSA) is 77.7 Å². The molecule has 1 amide bonds. The standard InChI is InChI=1S/C19H15FN2O4S2/c1-3-10-22-16-9-4-13(20)11-17(16)27-19(22)21-18(23)12-28(24,25)15-7-5-14(26-2)6-8-15/h1,4-9,11H,10,12H2,2H3. The van der Waals surface area contributed by atoms with Crippen LogP contribution in [0.2, 0.25) is 0 Å². The predicted molar refractivity (Wildman–Crippen MR) is 104 cm³/mol. The van der Waals surface area contributed by atoms with Crippen LogP contribution in [0.15, 0.2) is 52.4 Å². The molecular formula is C19H15FN2O4S2. The van der Waals surface area contributed by atoms with E-state index in [0.717, 1.165) is 11.3 Å². The van der Waals surface area contributed by atoms with E-state index in [-0.39, 0.29) is 16.2 Å². The molecule has 0 saturated carbocycles. The molecular weight excluding hydrogens is 403 g/mol. The summed E-state index contributed by atoms with van der Waals surface area (Å²) in [5, 5.41) is 0. The van der Waals surface area contributed by atoms with Crippen LogP contribution in [-0.4, -0.2) is 31.8 Å². The molecule has 0 fully saturated rings. The van der Waals surface area contributed by atoms with Crippen LogP contribution in [0, 0.1) is 18.2 Å². The molecule has 0 saturated heterocycles. The zero-order chi connectivity index (χ0) is 20.3. The smallest absolute Gasteiger partial charge is 0.263 e. The van der Waals surface area contributed by atoms with Gasteiger partial charge in [-0.1, -0.05) is 17.3 Å². The number of benzene rings is 2. The minimum Gasteiger partial charge on any atom is -0.497 e. The highest BCUT2D eigenvalue weighted by Gasteiger charge is 2.19. The molecule has 0 aliphatic heterocycles. The van der Waals surface area contributed by atoms with Crippen LogP contribution in [0.25, 0.3) is 10.2 Å². The van der Waals surface area contributed by atoms with E-state index in [1.165, 1.54) is 49.6 Å². The fourth-order valence-corrected chi connectivity index (χ4v) is 4.72. The molecule has 0 atom stereocenters. The predicted octanol–water partition coefficient (Wildman–Crippen LogP) is 2.38. The van der Waals surface area contributed by atoms with Gasteiger partial charge in [-0.05, 0) is 42.5 Å². The minimum absolute atomic E-state index is 0.00763. The second-order valence-electron chi connectivity index (χ2n) is 5.73. The average Bonchev–Trinajstić information content (AvgIpc) is 2.97. The first kappa shape index (κ1) is 19.8. The van der Waals surface area contributed by atoms with E-state index in [9.17, 15) is 17.6 Å². The molecule has 1 aromatic heterocycles. The Balaban J connectivity index is 1.95. The molecule has 0 aliphatic carbocycles. The maximum absolute atomic E-state index is 13.5. The van der Waals surface area contributed by atoms with Gasteiger partial charge in [-0.15, -0.1) is 6.42 Å². The van der Waals surface area contributed by atoms with Gasteiger partial charge in [-0.3, -0.25) is 4.79 Å². The number of sulfone groups is 1. The number of rotatable bonds is 5. The van der Waals surface area contributed by atoms with Gasteiger partial charge in [0.1, 0.15) is 17.3 Å². The molecule has 3 rings (SSSR count). The van der Waals surface area contributed by atoms with Crippen LogP contribution in [0.4, 0.5) is 4.39 Å². The molecule has 144 valence electrons. The highest BCUT2D eigenvalue weighted by Crippen LogP contribution is 2.19. The number of halogens is 1. The van der Waals surface area contributed by atoms with E-state index in [0.29, 0.717) is 16.0 Å². The molecule has 6 nitrogen and oxygen atoms in total. The number of aromatic nitrogens is 1. The Morgan fingerprint density at radius 3 is 2.64 bits per heavy atom. The van der Waals surface area contributed by atoms with Crippen LogP contribution in [0.3, 0.4) is 0 Å². The van der Waals surface area contributed by atoms with Crippen molar-refractivity contribution in [2.45, 2.75) is 11.4 Å². The highest BCUT2D eigenvalue weighted by atomic mass is 32.2. The van der Waals surface area contributed by atoms with Crippen LogP contribution < -0.4 is 9.54 Å². The molecule has 3 aromatic rings. The molecule has 2 aromatic carbocycles. The molecule has 0 radical (unpaired) electrons. The number of hydrogen-bond donors (Lipinski definition) is 0. The maximum Gasteiger partial charge on any atom is 0.263 e. The van der Waals surface area contributed by atoms with E-state index < -0.39 is 27.3 Å². The lowest BCUT2D eigenvalue weighted by Gasteiger charge is -2.04. The summed E-state index contributed by atoms with van der Waals surface area (Å²) in [6.45, 7) is 0.114. The lowest BCUT2D eigenvalue weighted by molar-refractivity contribution is -0.115. The summed E-state index contributed by atoms with van der Waals surface area (Å²) >= 11 is 1.06. The Hall–Kier alpha value is -2.96. The molecule has 0 N–H and O–H groups in total. The van der Waals surface area contributed by atoms with Crippen molar-refractivity contribution in [1.82, 2.24) is 4.57 Å². The summed E-state index contributed by atoms with van der Waals surface area (Å²) in [7, 11) is -2.40. The first-order valence-electron chi connectivity index (χ1n) is 8.01. The van der Waals surface area contributed by atoms with Crippen LogP contribution in [-0.2, 0) is 21.2 Å². The summed E-state index contributed by atoms with van der Waals surface area (Å²) in [6.07, 6.45) is 5.37. The lowest BCUT2D eigenvalue weighted by Crippen LogP contribution is -2.20. The largest absolute Gasteiger partial charge is 0.497 e. The number of fused-ring (bicyclic) bond motifs is 1. The number of hydrogen-bond acceptors (Lipinski definition) is 5. The van der Waals surface area contributed by atoms with Gasteiger partial charge < -0.3 is 9.30 Å². The number of amides is 1. The van der Waals surface area contributed by atoms with Crippen LogP contribution >= 0.6 is 11.3 Å². The van der Waals surface area contributed by atoms with Gasteiger partial charge in [-0.2, -0.15) is 4.99 Å². The number of carbonyl (C=O) groups is 1. The quantitative estimate of drug-likeness (QED) is 0.596. The van der Waals surface area contributed by atoms with Gasteiger partial charge >= 0.3 is 0 Å². The Kier molecular flexibility index (Phi) is 5.63. The average molecular weight is 418 g/mol. The normalized spacial score (nSPS) is 12.1. The van der Waals surface area contributed by atoms with Crippen molar-refractivity contribution >= 4 is 37.3 Å². The van der Waals surface area contributed by atoms with Crippen LogP contribution in [0.5, 0.6) is 5.75 Å². The number of carbonyl (C=O) groups excluding carboxylic acids is 1. The van der Waals surface area contributed by atoms with Gasteiger partial charge in [0.15, 0.2) is 14.6 Å².